The number of benzene rings is 2. The van der Waals surface area contributed by atoms with Gasteiger partial charge in [-0.25, -0.2) is 0 Å². The van der Waals surface area contributed by atoms with Crippen LogP contribution in [0.2, 0.25) is 0 Å². The first-order chi connectivity index (χ1) is 15.9. The van der Waals surface area contributed by atoms with E-state index in [0.29, 0.717) is 30.5 Å². The third-order valence-corrected chi connectivity index (χ3v) is 6.33. The van der Waals surface area contributed by atoms with Crippen molar-refractivity contribution >= 4 is 23.5 Å². The summed E-state index contributed by atoms with van der Waals surface area (Å²) in [6.07, 6.45) is 1.01. The number of ketones is 1. The summed E-state index contributed by atoms with van der Waals surface area (Å²) in [6.45, 7) is 4.36. The lowest BCUT2D eigenvalue weighted by Crippen LogP contribution is -2.53. The first kappa shape index (κ1) is 22.7. The van der Waals surface area contributed by atoms with E-state index >= 15 is 0 Å². The summed E-state index contributed by atoms with van der Waals surface area (Å²) in [5.41, 5.74) is 1.01. The van der Waals surface area contributed by atoms with Crippen LogP contribution in [0.3, 0.4) is 0 Å². The second kappa shape index (κ2) is 9.57. The Morgan fingerprint density at radius 2 is 1.55 bits per heavy atom. The fraction of sp³-hybridized carbons (Fsp3) is 0.385. The van der Waals surface area contributed by atoms with Gasteiger partial charge in [-0.05, 0) is 43.0 Å². The molecule has 3 amide bonds. The fourth-order valence-electron chi connectivity index (χ4n) is 4.81. The van der Waals surface area contributed by atoms with Crippen LogP contribution in [0.15, 0.2) is 60.7 Å². The van der Waals surface area contributed by atoms with Crippen LogP contribution in [0.1, 0.15) is 47.4 Å². The van der Waals surface area contributed by atoms with Gasteiger partial charge in [-0.3, -0.25) is 19.2 Å². The molecule has 3 atom stereocenters. The topological polar surface area (TPSA) is 86.8 Å². The third kappa shape index (κ3) is 4.67. The fourth-order valence-corrected chi connectivity index (χ4v) is 4.81. The van der Waals surface area contributed by atoms with E-state index in [4.69, 9.17) is 0 Å². The number of hydrogen-bond donors (Lipinski definition) is 1. The summed E-state index contributed by atoms with van der Waals surface area (Å²) in [6, 6.07) is 15.9. The van der Waals surface area contributed by atoms with E-state index in [1.54, 1.807) is 58.3 Å². The molecule has 1 N–H and O–H groups in total. The molecule has 7 heteroatoms. The van der Waals surface area contributed by atoms with Crippen molar-refractivity contribution in [2.24, 2.45) is 5.92 Å². The third-order valence-electron chi connectivity index (χ3n) is 6.33. The Morgan fingerprint density at radius 3 is 2.15 bits per heavy atom. The Bertz CT molecular complexity index is 1040. The number of hydrogen-bond acceptors (Lipinski definition) is 4. The van der Waals surface area contributed by atoms with Crippen molar-refractivity contribution in [2.75, 3.05) is 13.1 Å². The first-order valence-corrected chi connectivity index (χ1v) is 11.4. The zero-order valence-electron chi connectivity index (χ0n) is 18.9. The van der Waals surface area contributed by atoms with Gasteiger partial charge in [0, 0.05) is 17.7 Å². The maximum atomic E-state index is 13.5. The normalized spacial score (nSPS) is 20.6. The van der Waals surface area contributed by atoms with Crippen molar-refractivity contribution in [3.05, 3.63) is 71.8 Å². The second-order valence-corrected chi connectivity index (χ2v) is 9.12. The highest BCUT2D eigenvalue weighted by Gasteiger charge is 2.52. The van der Waals surface area contributed by atoms with Crippen LogP contribution >= 0.6 is 0 Å². The van der Waals surface area contributed by atoms with Gasteiger partial charge in [-0.15, -0.1) is 0 Å². The van der Waals surface area contributed by atoms with Gasteiger partial charge in [-0.2, -0.15) is 0 Å². The Morgan fingerprint density at radius 1 is 0.939 bits per heavy atom. The molecule has 2 aliphatic rings. The lowest BCUT2D eigenvalue weighted by Gasteiger charge is -2.29. The number of nitrogens with zero attached hydrogens (tertiary/aromatic N) is 2. The standard InChI is InChI=1S/C26H29N3O4/c1-17(2)15-20(27-24(31)18-9-5-3-6-10-18)26(33)28-14-13-21-23(28)22(30)16-29(21)25(32)19-11-7-4-8-12-19/h3-12,17,20-21,23H,13-16H2,1-2H3,(H,27,31)/t20-,21?,23?/m0/s1. The monoisotopic (exact) mass is 447 g/mol. The number of amides is 3. The Hall–Kier alpha value is -3.48. The highest BCUT2D eigenvalue weighted by atomic mass is 16.2. The maximum Gasteiger partial charge on any atom is 0.254 e. The van der Waals surface area contributed by atoms with Gasteiger partial charge in [0.25, 0.3) is 11.8 Å². The van der Waals surface area contributed by atoms with Gasteiger partial charge in [0.1, 0.15) is 12.1 Å². The summed E-state index contributed by atoms with van der Waals surface area (Å²) >= 11 is 0. The average molecular weight is 448 g/mol. The van der Waals surface area contributed by atoms with Gasteiger partial charge < -0.3 is 15.1 Å². The van der Waals surface area contributed by atoms with Gasteiger partial charge in [0.15, 0.2) is 5.78 Å². The number of carbonyl (C=O) groups is 4. The molecule has 0 saturated carbocycles. The van der Waals surface area contributed by atoms with Crippen molar-refractivity contribution in [1.29, 1.82) is 0 Å². The van der Waals surface area contributed by atoms with Crippen molar-refractivity contribution in [3.8, 4) is 0 Å². The van der Waals surface area contributed by atoms with E-state index < -0.39 is 12.1 Å². The summed E-state index contributed by atoms with van der Waals surface area (Å²) in [5.74, 6) is -0.731. The molecular weight excluding hydrogens is 418 g/mol. The number of Topliss-reactive ketones (excluding diaryl/α,β-unsaturated/α-hetero) is 1. The van der Waals surface area contributed by atoms with Crippen LogP contribution in [0.4, 0.5) is 0 Å². The Balaban J connectivity index is 1.51. The van der Waals surface area contributed by atoms with Crippen LogP contribution in [-0.4, -0.2) is 64.5 Å². The van der Waals surface area contributed by atoms with Crippen LogP contribution in [0, 0.1) is 5.92 Å². The van der Waals surface area contributed by atoms with Gasteiger partial charge in [0.2, 0.25) is 5.91 Å². The highest BCUT2D eigenvalue weighted by Crippen LogP contribution is 2.31. The van der Waals surface area contributed by atoms with Gasteiger partial charge in [-0.1, -0.05) is 50.2 Å². The molecule has 2 heterocycles. The largest absolute Gasteiger partial charge is 0.340 e. The maximum absolute atomic E-state index is 13.5. The number of carbonyl (C=O) groups excluding carboxylic acids is 4. The minimum atomic E-state index is -0.733. The molecule has 0 aromatic heterocycles. The van der Waals surface area contributed by atoms with E-state index in [0.717, 1.165) is 0 Å². The molecule has 2 saturated heterocycles. The van der Waals surface area contributed by atoms with E-state index in [9.17, 15) is 19.2 Å². The lowest BCUT2D eigenvalue weighted by atomic mass is 10.0. The summed E-state index contributed by atoms with van der Waals surface area (Å²) in [7, 11) is 0. The molecule has 33 heavy (non-hydrogen) atoms. The molecule has 0 aliphatic carbocycles. The quantitative estimate of drug-likeness (QED) is 0.737. The number of fused-ring (bicyclic) bond motifs is 1. The highest BCUT2D eigenvalue weighted by molar-refractivity contribution is 6.03. The Labute approximate surface area is 193 Å². The summed E-state index contributed by atoms with van der Waals surface area (Å²) in [5, 5.41) is 2.87. The predicted molar refractivity (Wildman–Crippen MR) is 124 cm³/mol. The smallest absolute Gasteiger partial charge is 0.254 e. The van der Waals surface area contributed by atoms with E-state index in [2.05, 4.69) is 5.32 Å². The van der Waals surface area contributed by atoms with Crippen molar-refractivity contribution in [3.63, 3.8) is 0 Å². The summed E-state index contributed by atoms with van der Waals surface area (Å²) in [4.78, 5) is 55.4. The molecule has 2 aromatic rings. The van der Waals surface area contributed by atoms with Crippen LogP contribution < -0.4 is 5.32 Å². The van der Waals surface area contributed by atoms with Crippen molar-refractivity contribution < 1.29 is 19.2 Å². The molecule has 4 rings (SSSR count). The number of rotatable bonds is 6. The second-order valence-electron chi connectivity index (χ2n) is 9.12. The van der Waals surface area contributed by atoms with Crippen LogP contribution in [0.5, 0.6) is 0 Å². The molecule has 2 aromatic carbocycles. The van der Waals surface area contributed by atoms with Crippen molar-refractivity contribution in [2.45, 2.75) is 44.8 Å². The zero-order chi connectivity index (χ0) is 23.5. The first-order valence-electron chi connectivity index (χ1n) is 11.4. The lowest BCUT2D eigenvalue weighted by molar-refractivity contribution is -0.138. The summed E-state index contributed by atoms with van der Waals surface area (Å²) < 4.78 is 0. The Kier molecular flexibility index (Phi) is 6.58. The van der Waals surface area contributed by atoms with Gasteiger partial charge >= 0.3 is 0 Å². The molecule has 172 valence electrons. The SMILES string of the molecule is CC(C)C[C@H](NC(=O)c1ccccc1)C(=O)N1CCC2C1C(=O)CN2C(=O)c1ccccc1. The molecule has 0 spiro atoms. The average Bonchev–Trinajstić information content (AvgIpc) is 3.40. The van der Waals surface area contributed by atoms with E-state index in [1.807, 2.05) is 26.0 Å². The molecular formula is C26H29N3O4. The molecule has 0 bridgehead atoms. The number of likely N-dealkylation sites (tertiary alicyclic amines) is 2. The molecule has 2 aliphatic heterocycles. The van der Waals surface area contributed by atoms with Gasteiger partial charge in [0.05, 0.1) is 12.6 Å². The molecule has 0 radical (unpaired) electrons. The molecule has 2 fully saturated rings. The zero-order valence-corrected chi connectivity index (χ0v) is 18.9. The predicted octanol–water partition coefficient (Wildman–Crippen LogP) is 2.53. The van der Waals surface area contributed by atoms with Crippen LogP contribution in [-0.2, 0) is 9.59 Å². The van der Waals surface area contributed by atoms with E-state index in [-0.39, 0.29) is 42.0 Å². The number of nitrogens with one attached hydrogen (secondary N) is 1. The minimum Gasteiger partial charge on any atom is -0.340 e. The minimum absolute atomic E-state index is 0.00192. The van der Waals surface area contributed by atoms with E-state index in [1.165, 1.54) is 0 Å². The molecule has 7 nitrogen and oxygen atoms in total. The molecule has 2 unspecified atom stereocenters. The van der Waals surface area contributed by atoms with Crippen molar-refractivity contribution in [1.82, 2.24) is 15.1 Å². The van der Waals surface area contributed by atoms with Crippen LogP contribution in [0.25, 0.3) is 0 Å².